The molecule has 5 aliphatic carbocycles. The number of rotatable bonds is 0. The minimum atomic E-state index is -0.0989. The molecule has 5 aliphatic rings. The van der Waals surface area contributed by atoms with Gasteiger partial charge in [-0.1, -0.05) is 55.4 Å². The number of aliphatic hydroxyl groups excluding tert-OH is 1. The molecule has 1 nitrogen and oxygen atoms in total. The molecule has 5 saturated carbocycles. The van der Waals surface area contributed by atoms with E-state index in [1.54, 1.807) is 0 Å². The van der Waals surface area contributed by atoms with E-state index >= 15 is 0 Å². The summed E-state index contributed by atoms with van der Waals surface area (Å²) in [5, 5.41) is 10.8. The van der Waals surface area contributed by atoms with Gasteiger partial charge in [-0.2, -0.15) is 0 Å². The van der Waals surface area contributed by atoms with Gasteiger partial charge in [-0.15, -0.1) is 0 Å². The van der Waals surface area contributed by atoms with Crippen LogP contribution in [0.2, 0.25) is 0 Å². The highest BCUT2D eigenvalue weighted by molar-refractivity contribution is 5.18. The third-order valence-electron chi connectivity index (χ3n) is 13.7. The molecule has 5 fully saturated rings. The van der Waals surface area contributed by atoms with Crippen LogP contribution in [0.15, 0.2) is 0 Å². The average molecular weight is 429 g/mol. The van der Waals surface area contributed by atoms with E-state index in [1.807, 2.05) is 0 Å². The lowest BCUT2D eigenvalue weighted by atomic mass is 9.31. The fourth-order valence-corrected chi connectivity index (χ4v) is 11.2. The zero-order valence-electron chi connectivity index (χ0n) is 22.1. The first-order chi connectivity index (χ1) is 14.2. The maximum Gasteiger partial charge on any atom is 0.0594 e. The molecule has 5 rings (SSSR count). The van der Waals surface area contributed by atoms with Crippen molar-refractivity contribution in [3.8, 4) is 0 Å². The van der Waals surface area contributed by atoms with Crippen LogP contribution in [0.4, 0.5) is 0 Å². The molecule has 0 aromatic heterocycles. The summed E-state index contributed by atoms with van der Waals surface area (Å²) >= 11 is 0. The molecule has 0 amide bonds. The molecule has 0 aromatic rings. The Kier molecular flexibility index (Phi) is 4.80. The van der Waals surface area contributed by atoms with Crippen LogP contribution in [0.3, 0.4) is 0 Å². The van der Waals surface area contributed by atoms with Gasteiger partial charge < -0.3 is 5.11 Å². The minimum Gasteiger partial charge on any atom is -0.393 e. The maximum atomic E-state index is 10.8. The van der Waals surface area contributed by atoms with E-state index < -0.39 is 0 Å². The lowest BCUT2D eigenvalue weighted by Crippen LogP contribution is -2.67. The topological polar surface area (TPSA) is 20.2 Å². The normalized spacial score (nSPS) is 57.8. The molecule has 31 heavy (non-hydrogen) atoms. The van der Waals surface area contributed by atoms with Crippen molar-refractivity contribution < 1.29 is 5.11 Å². The van der Waals surface area contributed by atoms with E-state index in [1.165, 1.54) is 64.2 Å². The summed E-state index contributed by atoms with van der Waals surface area (Å²) in [5.41, 5.74) is 2.66. The van der Waals surface area contributed by atoms with Crippen LogP contribution in [-0.4, -0.2) is 11.2 Å². The summed E-state index contributed by atoms with van der Waals surface area (Å²) < 4.78 is 0. The van der Waals surface area contributed by atoms with E-state index in [9.17, 15) is 5.11 Å². The largest absolute Gasteiger partial charge is 0.393 e. The van der Waals surface area contributed by atoms with Crippen LogP contribution in [-0.2, 0) is 0 Å². The molecule has 0 aliphatic heterocycles. The summed E-state index contributed by atoms with van der Waals surface area (Å²) in [5.74, 6) is 3.31. The fourth-order valence-electron chi connectivity index (χ4n) is 11.2. The van der Waals surface area contributed by atoms with Crippen molar-refractivity contribution in [2.24, 2.45) is 56.2 Å². The van der Waals surface area contributed by atoms with Crippen LogP contribution in [0.1, 0.15) is 126 Å². The summed E-state index contributed by atoms with van der Waals surface area (Å²) in [7, 11) is 0. The molecule has 0 unspecified atom stereocenters. The SMILES string of the molecule is CC1(C)CC[C@]2(C)CC[C@]3(C)[C@H]4CC[C@H]5[C@@H](CC[C@@H](O)C5(C)C)[C@]4(C)CC[C@@]3(C)[C@@H]2C1. The molecular formula is C30H52O. The van der Waals surface area contributed by atoms with Crippen molar-refractivity contribution in [2.45, 2.75) is 132 Å². The molecule has 0 heterocycles. The first-order valence-corrected chi connectivity index (χ1v) is 13.9. The Morgan fingerprint density at radius 3 is 1.87 bits per heavy atom. The quantitative estimate of drug-likeness (QED) is 0.412. The van der Waals surface area contributed by atoms with Crippen molar-refractivity contribution in [3.63, 3.8) is 0 Å². The number of hydrogen-bond donors (Lipinski definition) is 1. The lowest BCUT2D eigenvalue weighted by Gasteiger charge is -2.74. The average Bonchev–Trinajstić information content (AvgIpc) is 2.68. The van der Waals surface area contributed by atoms with Crippen LogP contribution in [0.25, 0.3) is 0 Å². The first-order valence-electron chi connectivity index (χ1n) is 13.9. The Bertz CT molecular complexity index is 737. The summed E-state index contributed by atoms with van der Waals surface area (Å²) in [6.45, 7) is 20.8. The van der Waals surface area contributed by atoms with Gasteiger partial charge in [0.05, 0.1) is 6.10 Å². The Morgan fingerprint density at radius 1 is 0.581 bits per heavy atom. The van der Waals surface area contributed by atoms with E-state index in [2.05, 4.69) is 55.4 Å². The van der Waals surface area contributed by atoms with Gasteiger partial charge >= 0.3 is 0 Å². The van der Waals surface area contributed by atoms with Crippen LogP contribution in [0, 0.1) is 56.2 Å². The van der Waals surface area contributed by atoms with Crippen LogP contribution >= 0.6 is 0 Å². The van der Waals surface area contributed by atoms with E-state index in [0.717, 1.165) is 24.2 Å². The third-order valence-corrected chi connectivity index (χ3v) is 13.7. The van der Waals surface area contributed by atoms with E-state index in [4.69, 9.17) is 0 Å². The summed E-state index contributed by atoms with van der Waals surface area (Å²) in [6.07, 6.45) is 15.1. The fraction of sp³-hybridized carbons (Fsp3) is 1.00. The number of hydrogen-bond acceptors (Lipinski definition) is 1. The second-order valence-corrected chi connectivity index (χ2v) is 15.7. The van der Waals surface area contributed by atoms with E-state index in [-0.39, 0.29) is 11.5 Å². The Labute approximate surface area is 193 Å². The second-order valence-electron chi connectivity index (χ2n) is 15.7. The Balaban J connectivity index is 1.53. The van der Waals surface area contributed by atoms with Crippen molar-refractivity contribution in [1.82, 2.24) is 0 Å². The Hall–Kier alpha value is -0.0400. The predicted molar refractivity (Wildman–Crippen MR) is 131 cm³/mol. The van der Waals surface area contributed by atoms with Gasteiger partial charge in [0.2, 0.25) is 0 Å². The zero-order chi connectivity index (χ0) is 22.7. The smallest absolute Gasteiger partial charge is 0.0594 e. The van der Waals surface area contributed by atoms with Crippen molar-refractivity contribution in [3.05, 3.63) is 0 Å². The molecule has 178 valence electrons. The molecular weight excluding hydrogens is 376 g/mol. The third kappa shape index (κ3) is 2.83. The molecule has 9 atom stereocenters. The Morgan fingerprint density at radius 2 is 1.16 bits per heavy atom. The monoisotopic (exact) mass is 428 g/mol. The van der Waals surface area contributed by atoms with Gasteiger partial charge in [0.1, 0.15) is 0 Å². The number of fused-ring (bicyclic) bond motifs is 7. The first kappa shape index (κ1) is 22.7. The van der Waals surface area contributed by atoms with Gasteiger partial charge in [-0.3, -0.25) is 0 Å². The van der Waals surface area contributed by atoms with Crippen LogP contribution in [0.5, 0.6) is 0 Å². The van der Waals surface area contributed by atoms with Gasteiger partial charge in [0.15, 0.2) is 0 Å². The standard InChI is InChI=1S/C30H52O/c1-25(2)13-14-27(5)15-17-29(7)22-11-9-20-21(10-12-24(31)26(20,3)4)28(22,6)16-18-30(29,8)23(27)19-25/h20-24,31H,9-19H2,1-8H3/t20-,21+,22-,23+,24+,27+,28-,29+,30-/m0/s1. The molecule has 0 saturated heterocycles. The highest BCUT2D eigenvalue weighted by atomic mass is 16.3. The van der Waals surface area contributed by atoms with Crippen molar-refractivity contribution >= 4 is 0 Å². The maximum absolute atomic E-state index is 10.8. The zero-order valence-corrected chi connectivity index (χ0v) is 22.1. The van der Waals surface area contributed by atoms with Crippen molar-refractivity contribution in [2.75, 3.05) is 0 Å². The highest BCUT2D eigenvalue weighted by Crippen LogP contribution is 2.77. The van der Waals surface area contributed by atoms with Crippen molar-refractivity contribution in [1.29, 1.82) is 0 Å². The molecule has 1 N–H and O–H groups in total. The molecule has 0 radical (unpaired) electrons. The molecule has 0 spiro atoms. The molecule has 0 bridgehead atoms. The molecule has 0 aromatic carbocycles. The lowest BCUT2D eigenvalue weighted by molar-refractivity contribution is -0.255. The number of aliphatic hydroxyl groups is 1. The summed E-state index contributed by atoms with van der Waals surface area (Å²) in [4.78, 5) is 0. The molecule has 1 heteroatoms. The highest BCUT2D eigenvalue weighted by Gasteiger charge is 2.69. The minimum absolute atomic E-state index is 0.0943. The predicted octanol–water partition coefficient (Wildman–Crippen LogP) is 8.25. The van der Waals surface area contributed by atoms with E-state index in [0.29, 0.717) is 33.0 Å². The van der Waals surface area contributed by atoms with Gasteiger partial charge in [-0.05, 0) is 127 Å². The van der Waals surface area contributed by atoms with Gasteiger partial charge in [0, 0.05) is 0 Å². The summed E-state index contributed by atoms with van der Waals surface area (Å²) in [6, 6.07) is 0. The van der Waals surface area contributed by atoms with Gasteiger partial charge in [-0.25, -0.2) is 0 Å². The second kappa shape index (κ2) is 6.55. The van der Waals surface area contributed by atoms with Gasteiger partial charge in [0.25, 0.3) is 0 Å². The van der Waals surface area contributed by atoms with Crippen LogP contribution < -0.4 is 0 Å².